The van der Waals surface area contributed by atoms with Gasteiger partial charge in [0.25, 0.3) is 0 Å². The summed E-state index contributed by atoms with van der Waals surface area (Å²) in [6.07, 6.45) is 0. The van der Waals surface area contributed by atoms with Crippen molar-refractivity contribution in [2.75, 3.05) is 5.32 Å². The van der Waals surface area contributed by atoms with Gasteiger partial charge in [0.05, 0.1) is 4.99 Å². The molecule has 1 aromatic heterocycles. The molecule has 0 radical (unpaired) electrons. The molecule has 1 unspecified atom stereocenters. The zero-order valence-electron chi connectivity index (χ0n) is 9.24. The maximum atomic E-state index is 12.1. The predicted molar refractivity (Wildman–Crippen MR) is 74.5 cm³/mol. The summed E-state index contributed by atoms with van der Waals surface area (Å²) in [6.45, 7) is 0. The van der Waals surface area contributed by atoms with Crippen molar-refractivity contribution in [3.63, 3.8) is 0 Å². The van der Waals surface area contributed by atoms with Crippen molar-refractivity contribution < 1.29 is 4.79 Å². The molecule has 0 aliphatic heterocycles. The summed E-state index contributed by atoms with van der Waals surface area (Å²) < 4.78 is 0. The van der Waals surface area contributed by atoms with Crippen LogP contribution in [0, 0.1) is 0 Å². The standard InChI is InChI=1S/C11H10N4OS2/c12-9(17)8(7-4-2-1-3-5-7)10(16)14-11-15-13-6-18-11/h1-6,8H,(H2,12,17)(H,14,15,16). The Bertz CT molecular complexity index is 541. The van der Waals surface area contributed by atoms with Gasteiger partial charge in [0.15, 0.2) is 0 Å². The summed E-state index contributed by atoms with van der Waals surface area (Å²) in [5, 5.41) is 10.5. The van der Waals surface area contributed by atoms with E-state index in [-0.39, 0.29) is 10.9 Å². The van der Waals surface area contributed by atoms with Gasteiger partial charge in [-0.15, -0.1) is 10.2 Å². The third-order valence-electron chi connectivity index (χ3n) is 2.27. The number of amides is 1. The SMILES string of the molecule is NC(=S)C(C(=O)Nc1nncs1)c1ccccc1. The van der Waals surface area contributed by atoms with Gasteiger partial charge in [0.1, 0.15) is 11.4 Å². The van der Waals surface area contributed by atoms with E-state index in [1.165, 1.54) is 16.8 Å². The van der Waals surface area contributed by atoms with Crippen LogP contribution in [-0.4, -0.2) is 21.1 Å². The van der Waals surface area contributed by atoms with Crippen LogP contribution in [0.15, 0.2) is 35.8 Å². The van der Waals surface area contributed by atoms with Crippen molar-refractivity contribution in [3.05, 3.63) is 41.4 Å². The number of benzene rings is 1. The van der Waals surface area contributed by atoms with Gasteiger partial charge >= 0.3 is 0 Å². The van der Waals surface area contributed by atoms with Gasteiger partial charge in [0, 0.05) is 0 Å². The number of nitrogens with zero attached hydrogens (tertiary/aromatic N) is 2. The number of anilines is 1. The maximum absolute atomic E-state index is 12.1. The second-order valence-corrected chi connectivity index (χ2v) is 4.78. The Morgan fingerprint density at radius 3 is 2.67 bits per heavy atom. The number of aromatic nitrogens is 2. The average Bonchev–Trinajstić information content (AvgIpc) is 2.83. The minimum absolute atomic E-state index is 0.128. The van der Waals surface area contributed by atoms with Crippen LogP contribution in [0.4, 0.5) is 5.13 Å². The predicted octanol–water partition coefficient (Wildman–Crippen LogP) is 1.55. The van der Waals surface area contributed by atoms with Gasteiger partial charge < -0.3 is 5.73 Å². The van der Waals surface area contributed by atoms with Crippen LogP contribution in [0.1, 0.15) is 11.5 Å². The fraction of sp³-hybridized carbons (Fsp3) is 0.0909. The first-order valence-corrected chi connectivity index (χ1v) is 6.38. The van der Waals surface area contributed by atoms with E-state index >= 15 is 0 Å². The lowest BCUT2D eigenvalue weighted by atomic mass is 9.98. The fourth-order valence-electron chi connectivity index (χ4n) is 1.50. The van der Waals surface area contributed by atoms with Crippen molar-refractivity contribution >= 4 is 39.6 Å². The zero-order valence-corrected chi connectivity index (χ0v) is 10.9. The average molecular weight is 278 g/mol. The topological polar surface area (TPSA) is 80.9 Å². The highest BCUT2D eigenvalue weighted by Crippen LogP contribution is 2.19. The minimum Gasteiger partial charge on any atom is -0.392 e. The third-order valence-corrected chi connectivity index (χ3v) is 3.11. The number of thiocarbonyl (C=S) groups is 1. The van der Waals surface area contributed by atoms with Gasteiger partial charge in [-0.05, 0) is 5.56 Å². The quantitative estimate of drug-likeness (QED) is 0.829. The van der Waals surface area contributed by atoms with E-state index in [9.17, 15) is 4.79 Å². The third kappa shape index (κ3) is 2.88. The van der Waals surface area contributed by atoms with Crippen LogP contribution in [0.5, 0.6) is 0 Å². The second kappa shape index (κ2) is 5.65. The Balaban J connectivity index is 2.21. The molecule has 2 aromatic rings. The molecule has 0 bridgehead atoms. The fourth-order valence-corrected chi connectivity index (χ4v) is 2.19. The van der Waals surface area contributed by atoms with E-state index in [0.29, 0.717) is 5.13 Å². The molecule has 18 heavy (non-hydrogen) atoms. The highest BCUT2D eigenvalue weighted by atomic mass is 32.1. The zero-order chi connectivity index (χ0) is 13.0. The highest BCUT2D eigenvalue weighted by Gasteiger charge is 2.24. The van der Waals surface area contributed by atoms with Crippen molar-refractivity contribution in [1.82, 2.24) is 10.2 Å². The van der Waals surface area contributed by atoms with Crippen LogP contribution < -0.4 is 11.1 Å². The summed E-state index contributed by atoms with van der Waals surface area (Å²) in [5.74, 6) is -0.962. The molecule has 1 atom stereocenters. The lowest BCUT2D eigenvalue weighted by molar-refractivity contribution is -0.116. The lowest BCUT2D eigenvalue weighted by Gasteiger charge is -2.14. The van der Waals surface area contributed by atoms with Gasteiger partial charge in [-0.2, -0.15) is 0 Å². The molecule has 0 fully saturated rings. The minimum atomic E-state index is -0.662. The van der Waals surface area contributed by atoms with Crippen LogP contribution in [-0.2, 0) is 4.79 Å². The Morgan fingerprint density at radius 1 is 1.39 bits per heavy atom. The molecule has 1 heterocycles. The Kier molecular flexibility index (Phi) is 3.96. The number of nitrogens with one attached hydrogen (secondary N) is 1. The first-order valence-electron chi connectivity index (χ1n) is 5.10. The monoisotopic (exact) mass is 278 g/mol. The van der Waals surface area contributed by atoms with Crippen molar-refractivity contribution in [2.45, 2.75) is 5.92 Å². The molecule has 1 amide bonds. The number of carbonyl (C=O) groups excluding carboxylic acids is 1. The number of rotatable bonds is 4. The van der Waals surface area contributed by atoms with E-state index in [1.807, 2.05) is 30.3 Å². The van der Waals surface area contributed by atoms with Gasteiger partial charge in [0.2, 0.25) is 11.0 Å². The smallest absolute Gasteiger partial charge is 0.240 e. The molecule has 0 aliphatic carbocycles. The van der Waals surface area contributed by atoms with Crippen molar-refractivity contribution in [2.24, 2.45) is 5.73 Å². The van der Waals surface area contributed by atoms with E-state index in [2.05, 4.69) is 15.5 Å². The Morgan fingerprint density at radius 2 is 2.11 bits per heavy atom. The molecule has 7 heteroatoms. The molecular weight excluding hydrogens is 268 g/mol. The molecule has 2 rings (SSSR count). The second-order valence-electron chi connectivity index (χ2n) is 3.48. The van der Waals surface area contributed by atoms with Gasteiger partial charge in [-0.3, -0.25) is 10.1 Å². The van der Waals surface area contributed by atoms with Gasteiger partial charge in [-0.1, -0.05) is 53.9 Å². The largest absolute Gasteiger partial charge is 0.392 e. The molecule has 92 valence electrons. The number of hydrogen-bond donors (Lipinski definition) is 2. The van der Waals surface area contributed by atoms with Crippen LogP contribution in [0.3, 0.4) is 0 Å². The molecule has 3 N–H and O–H groups in total. The van der Waals surface area contributed by atoms with Crippen LogP contribution >= 0.6 is 23.6 Å². The lowest BCUT2D eigenvalue weighted by Crippen LogP contribution is -2.31. The van der Waals surface area contributed by atoms with E-state index in [0.717, 1.165) is 5.56 Å². The summed E-state index contributed by atoms with van der Waals surface area (Å²) in [7, 11) is 0. The van der Waals surface area contributed by atoms with Crippen LogP contribution in [0.25, 0.3) is 0 Å². The van der Waals surface area contributed by atoms with E-state index in [4.69, 9.17) is 18.0 Å². The summed E-state index contributed by atoms with van der Waals surface area (Å²) in [5.41, 5.74) is 7.93. The molecule has 0 saturated carbocycles. The first kappa shape index (κ1) is 12.6. The van der Waals surface area contributed by atoms with Crippen molar-refractivity contribution in [1.29, 1.82) is 0 Å². The Hall–Kier alpha value is -1.86. The number of hydrogen-bond acceptors (Lipinski definition) is 5. The molecule has 1 aromatic carbocycles. The van der Waals surface area contributed by atoms with E-state index in [1.54, 1.807) is 0 Å². The maximum Gasteiger partial charge on any atom is 0.240 e. The molecular formula is C11H10N4OS2. The summed E-state index contributed by atoms with van der Waals surface area (Å²) in [4.78, 5) is 12.2. The first-order chi connectivity index (χ1) is 8.68. The molecule has 0 aliphatic rings. The summed E-state index contributed by atoms with van der Waals surface area (Å²) in [6, 6.07) is 9.15. The molecule has 0 spiro atoms. The molecule has 5 nitrogen and oxygen atoms in total. The summed E-state index contributed by atoms with van der Waals surface area (Å²) >= 11 is 6.19. The van der Waals surface area contributed by atoms with E-state index < -0.39 is 5.92 Å². The Labute approximate surface area is 113 Å². The molecule has 0 saturated heterocycles. The number of carbonyl (C=O) groups is 1. The normalized spacial score (nSPS) is 11.8. The van der Waals surface area contributed by atoms with Gasteiger partial charge in [-0.25, -0.2) is 0 Å². The highest BCUT2D eigenvalue weighted by molar-refractivity contribution is 7.80. The number of nitrogens with two attached hydrogens (primary N) is 1. The van der Waals surface area contributed by atoms with Crippen molar-refractivity contribution in [3.8, 4) is 0 Å². The van der Waals surface area contributed by atoms with Crippen LogP contribution in [0.2, 0.25) is 0 Å².